The molecule has 0 saturated heterocycles. The maximum Gasteiger partial charge on any atom is 0.340 e. The van der Waals surface area contributed by atoms with E-state index in [1.54, 1.807) is 23.8 Å². The van der Waals surface area contributed by atoms with E-state index in [2.05, 4.69) is 15.4 Å². The molecule has 1 amide bonds. The topological polar surface area (TPSA) is 98.7 Å². The number of pyridine rings is 1. The highest BCUT2D eigenvalue weighted by molar-refractivity contribution is 5.85. The van der Waals surface area contributed by atoms with Crippen LogP contribution in [0.5, 0.6) is 5.75 Å². The molecule has 0 radical (unpaired) electrons. The Kier molecular flexibility index (Phi) is 4.52. The lowest BCUT2D eigenvalue weighted by atomic mass is 10.0. The molecule has 0 saturated carbocycles. The number of aryl methyl sites for hydroxylation is 1. The lowest BCUT2D eigenvalue weighted by molar-refractivity contribution is -0.120. The monoisotopic (exact) mass is 378 g/mol. The number of hydrogen-bond acceptors (Lipinski definition) is 6. The van der Waals surface area contributed by atoms with Gasteiger partial charge in [0.15, 0.2) is 5.65 Å². The number of ether oxygens (including phenoxy) is 1. The zero-order valence-electron chi connectivity index (χ0n) is 15.4. The van der Waals surface area contributed by atoms with Crippen LogP contribution in [-0.4, -0.2) is 27.6 Å². The number of hydrogen-bond donors (Lipinski definition) is 1. The average molecular weight is 378 g/mol. The van der Waals surface area contributed by atoms with Crippen LogP contribution >= 0.6 is 0 Å². The molecule has 0 aliphatic rings. The van der Waals surface area contributed by atoms with E-state index >= 15 is 0 Å². The first kappa shape index (κ1) is 17.7. The average Bonchev–Trinajstić information content (AvgIpc) is 3.18. The van der Waals surface area contributed by atoms with Crippen molar-refractivity contribution in [3.63, 3.8) is 0 Å². The van der Waals surface area contributed by atoms with Crippen molar-refractivity contribution >= 4 is 22.5 Å². The van der Waals surface area contributed by atoms with Crippen molar-refractivity contribution in [2.45, 2.75) is 19.9 Å². The van der Waals surface area contributed by atoms with Crippen LogP contribution in [0.1, 0.15) is 16.8 Å². The maximum absolute atomic E-state index is 12.4. The summed E-state index contributed by atoms with van der Waals surface area (Å²) in [5.74, 6) is 0.322. The van der Waals surface area contributed by atoms with Gasteiger partial charge in [0.25, 0.3) is 0 Å². The van der Waals surface area contributed by atoms with E-state index in [0.717, 1.165) is 16.6 Å². The van der Waals surface area contributed by atoms with Crippen LogP contribution in [0.3, 0.4) is 0 Å². The van der Waals surface area contributed by atoms with Gasteiger partial charge in [-0.15, -0.1) is 0 Å². The molecule has 28 heavy (non-hydrogen) atoms. The van der Waals surface area contributed by atoms with Crippen LogP contribution in [0.25, 0.3) is 16.6 Å². The Balaban J connectivity index is 1.55. The highest BCUT2D eigenvalue weighted by atomic mass is 16.5. The molecular formula is C20H18N4O4. The second-order valence-corrected chi connectivity index (χ2v) is 6.36. The van der Waals surface area contributed by atoms with Gasteiger partial charge in [0.1, 0.15) is 17.7 Å². The molecule has 0 spiro atoms. The van der Waals surface area contributed by atoms with Crippen molar-refractivity contribution < 1.29 is 13.9 Å². The summed E-state index contributed by atoms with van der Waals surface area (Å²) in [4.78, 5) is 29.0. The number of nitrogens with zero attached hydrogens (tertiary/aromatic N) is 3. The molecule has 1 aromatic carbocycles. The number of fused-ring (bicyclic) bond motifs is 2. The summed E-state index contributed by atoms with van der Waals surface area (Å²) >= 11 is 0. The minimum Gasteiger partial charge on any atom is -0.497 e. The van der Waals surface area contributed by atoms with E-state index < -0.39 is 5.63 Å². The molecule has 1 N–H and O–H groups in total. The third-order valence-corrected chi connectivity index (χ3v) is 4.68. The van der Waals surface area contributed by atoms with Gasteiger partial charge >= 0.3 is 5.63 Å². The van der Waals surface area contributed by atoms with E-state index in [0.29, 0.717) is 22.5 Å². The summed E-state index contributed by atoms with van der Waals surface area (Å²) in [5.41, 5.74) is 2.47. The SMILES string of the molecule is COc1ccc2c(C)c(CC(=O)NCc3cccc4ncnn34)c(=O)oc2c1. The highest BCUT2D eigenvalue weighted by Crippen LogP contribution is 2.24. The number of rotatable bonds is 5. The third-order valence-electron chi connectivity index (χ3n) is 4.68. The Hall–Kier alpha value is -3.68. The number of methoxy groups -OCH3 is 1. The van der Waals surface area contributed by atoms with E-state index in [1.807, 2.05) is 31.2 Å². The summed E-state index contributed by atoms with van der Waals surface area (Å²) in [7, 11) is 1.55. The Morgan fingerprint density at radius 1 is 1.29 bits per heavy atom. The molecule has 8 heteroatoms. The number of carbonyl (C=O) groups excluding carboxylic acids is 1. The van der Waals surface area contributed by atoms with Crippen molar-refractivity contribution in [3.05, 3.63) is 70.0 Å². The minimum atomic E-state index is -0.521. The first-order valence-electron chi connectivity index (χ1n) is 8.71. The molecule has 4 rings (SSSR count). The molecule has 8 nitrogen and oxygen atoms in total. The van der Waals surface area contributed by atoms with Crippen LogP contribution in [0.2, 0.25) is 0 Å². The van der Waals surface area contributed by atoms with Crippen LogP contribution < -0.4 is 15.7 Å². The predicted octanol–water partition coefficient (Wildman–Crippen LogP) is 2.01. The van der Waals surface area contributed by atoms with Crippen molar-refractivity contribution in [1.82, 2.24) is 19.9 Å². The van der Waals surface area contributed by atoms with Crippen LogP contribution in [0, 0.1) is 6.92 Å². The molecule has 142 valence electrons. The van der Waals surface area contributed by atoms with E-state index in [9.17, 15) is 9.59 Å². The summed E-state index contributed by atoms with van der Waals surface area (Å²) in [5, 5.41) is 7.73. The Morgan fingerprint density at radius 2 is 2.14 bits per heavy atom. The number of aromatic nitrogens is 3. The lowest BCUT2D eigenvalue weighted by Gasteiger charge is -2.10. The molecular weight excluding hydrogens is 360 g/mol. The standard InChI is InChI=1S/C20H18N4O4/c1-12-15-7-6-14(27-2)8-17(15)28-20(26)16(12)9-19(25)21-10-13-4-3-5-18-22-11-23-24(13)18/h3-8,11H,9-10H2,1-2H3,(H,21,25). The van der Waals surface area contributed by atoms with Crippen molar-refractivity contribution in [3.8, 4) is 5.75 Å². The van der Waals surface area contributed by atoms with E-state index in [1.165, 1.54) is 6.33 Å². The fraction of sp³-hybridized carbons (Fsp3) is 0.200. The number of nitrogens with one attached hydrogen (secondary N) is 1. The van der Waals surface area contributed by atoms with Crippen LogP contribution in [0.4, 0.5) is 0 Å². The van der Waals surface area contributed by atoms with Gasteiger partial charge in [-0.1, -0.05) is 6.07 Å². The third kappa shape index (κ3) is 3.20. The van der Waals surface area contributed by atoms with E-state index in [-0.39, 0.29) is 18.9 Å². The van der Waals surface area contributed by atoms with Gasteiger partial charge in [-0.25, -0.2) is 14.3 Å². The smallest absolute Gasteiger partial charge is 0.340 e. The van der Waals surface area contributed by atoms with Crippen LogP contribution in [0.15, 0.2) is 51.9 Å². The zero-order chi connectivity index (χ0) is 19.7. The van der Waals surface area contributed by atoms with Gasteiger partial charge in [0.05, 0.1) is 31.3 Å². The molecule has 0 unspecified atom stereocenters. The van der Waals surface area contributed by atoms with Crippen molar-refractivity contribution in [1.29, 1.82) is 0 Å². The van der Waals surface area contributed by atoms with Gasteiger partial charge in [-0.05, 0) is 36.8 Å². The largest absolute Gasteiger partial charge is 0.497 e. The second kappa shape index (κ2) is 7.15. The Labute approximate surface area is 159 Å². The Bertz CT molecular complexity index is 1240. The summed E-state index contributed by atoms with van der Waals surface area (Å²) < 4.78 is 12.2. The van der Waals surface area contributed by atoms with Gasteiger partial charge < -0.3 is 14.5 Å². The summed E-state index contributed by atoms with van der Waals surface area (Å²) in [6.07, 6.45) is 1.39. The minimum absolute atomic E-state index is 0.0660. The normalized spacial score (nSPS) is 11.1. The lowest BCUT2D eigenvalue weighted by Crippen LogP contribution is -2.28. The fourth-order valence-corrected chi connectivity index (χ4v) is 3.15. The molecule has 0 atom stereocenters. The first-order valence-corrected chi connectivity index (χ1v) is 8.71. The summed E-state index contributed by atoms with van der Waals surface area (Å²) in [6.45, 7) is 2.08. The van der Waals surface area contributed by atoms with Crippen molar-refractivity contribution in [2.24, 2.45) is 0 Å². The number of benzene rings is 1. The van der Waals surface area contributed by atoms with Gasteiger partial charge in [0, 0.05) is 11.5 Å². The molecule has 0 aliphatic carbocycles. The number of amides is 1. The fourth-order valence-electron chi connectivity index (χ4n) is 3.15. The second-order valence-electron chi connectivity index (χ2n) is 6.36. The van der Waals surface area contributed by atoms with Gasteiger partial charge in [0.2, 0.25) is 5.91 Å². The molecule has 3 heterocycles. The van der Waals surface area contributed by atoms with Crippen molar-refractivity contribution in [2.75, 3.05) is 7.11 Å². The quantitative estimate of drug-likeness (QED) is 0.534. The molecule has 3 aromatic heterocycles. The van der Waals surface area contributed by atoms with E-state index in [4.69, 9.17) is 9.15 Å². The zero-order valence-corrected chi connectivity index (χ0v) is 15.4. The van der Waals surface area contributed by atoms with Crippen LogP contribution in [-0.2, 0) is 17.8 Å². The highest BCUT2D eigenvalue weighted by Gasteiger charge is 2.15. The molecule has 0 bridgehead atoms. The first-order chi connectivity index (χ1) is 13.6. The number of carbonyl (C=O) groups is 1. The maximum atomic E-state index is 12.4. The molecule has 0 aliphatic heterocycles. The van der Waals surface area contributed by atoms with Gasteiger partial charge in [-0.3, -0.25) is 4.79 Å². The molecule has 4 aromatic rings. The predicted molar refractivity (Wildman–Crippen MR) is 102 cm³/mol. The Morgan fingerprint density at radius 3 is 2.96 bits per heavy atom. The summed E-state index contributed by atoms with van der Waals surface area (Å²) in [6, 6.07) is 10.8. The molecule has 0 fully saturated rings. The van der Waals surface area contributed by atoms with Gasteiger partial charge in [-0.2, -0.15) is 5.10 Å².